The molecule has 3 nitrogen and oxygen atoms in total. The van der Waals surface area contributed by atoms with Crippen molar-refractivity contribution in [3.63, 3.8) is 0 Å². The summed E-state index contributed by atoms with van der Waals surface area (Å²) in [5, 5.41) is 10.5. The minimum atomic E-state index is 0.670. The predicted octanol–water partition coefficient (Wildman–Crippen LogP) is 5.39. The highest BCUT2D eigenvalue weighted by Gasteiger charge is 2.20. The summed E-state index contributed by atoms with van der Waals surface area (Å²) in [5.41, 5.74) is 0. The molecule has 0 aromatic heterocycles. The average Bonchev–Trinajstić information content (AvgIpc) is 3.21. The highest BCUT2D eigenvalue weighted by molar-refractivity contribution is 4.81. The number of hydrogen-bond acceptors (Lipinski definition) is 3. The third kappa shape index (κ3) is 14.0. The van der Waals surface area contributed by atoms with Crippen LogP contribution in [0.15, 0.2) is 0 Å². The third-order valence-electron chi connectivity index (χ3n) is 5.24. The molecule has 3 heteroatoms. The summed E-state index contributed by atoms with van der Waals surface area (Å²) in [6.07, 6.45) is 15.6. The van der Waals surface area contributed by atoms with Crippen molar-refractivity contribution in [2.45, 2.75) is 148 Å². The molecule has 0 heterocycles. The van der Waals surface area contributed by atoms with Gasteiger partial charge in [-0.15, -0.1) is 0 Å². The average molecular weight is 368 g/mol. The van der Waals surface area contributed by atoms with Crippen LogP contribution in [0.2, 0.25) is 0 Å². The first-order valence-electron chi connectivity index (χ1n) is 11.6. The highest BCUT2D eigenvalue weighted by atomic mass is 15.0. The van der Waals surface area contributed by atoms with Gasteiger partial charge in [-0.3, -0.25) is 0 Å². The second kappa shape index (κ2) is 14.0. The molecule has 0 radical (unpaired) electrons. The molecule has 0 saturated heterocycles. The molecule has 0 aromatic carbocycles. The monoisotopic (exact) mass is 367 g/mol. The molecule has 0 atom stereocenters. The van der Waals surface area contributed by atoms with Gasteiger partial charge in [0.2, 0.25) is 0 Å². The molecule has 3 rings (SSSR count). The molecular weight excluding hydrogens is 318 g/mol. The molecule has 3 aliphatic carbocycles. The van der Waals surface area contributed by atoms with Crippen LogP contribution in [0.25, 0.3) is 0 Å². The van der Waals surface area contributed by atoms with Gasteiger partial charge < -0.3 is 16.0 Å². The van der Waals surface area contributed by atoms with Gasteiger partial charge in [-0.2, -0.15) is 0 Å². The van der Waals surface area contributed by atoms with Crippen molar-refractivity contribution in [1.29, 1.82) is 0 Å². The van der Waals surface area contributed by atoms with Gasteiger partial charge in [0.05, 0.1) is 0 Å². The molecule has 156 valence electrons. The molecule has 3 fully saturated rings. The smallest absolute Gasteiger partial charge is 0.00705 e. The van der Waals surface area contributed by atoms with Crippen molar-refractivity contribution in [2.75, 3.05) is 0 Å². The van der Waals surface area contributed by atoms with Crippen LogP contribution in [0.4, 0.5) is 0 Å². The Labute approximate surface area is 164 Å². The van der Waals surface area contributed by atoms with Crippen molar-refractivity contribution in [2.24, 2.45) is 0 Å². The van der Waals surface area contributed by atoms with Crippen molar-refractivity contribution >= 4 is 0 Å². The number of nitrogens with one attached hydrogen (secondary N) is 3. The van der Waals surface area contributed by atoms with E-state index in [1.165, 1.54) is 70.6 Å². The van der Waals surface area contributed by atoms with Crippen LogP contribution in [0.1, 0.15) is 112 Å². The first kappa shape index (κ1) is 23.9. The summed E-state index contributed by atoms with van der Waals surface area (Å²) in [4.78, 5) is 0. The molecule has 26 heavy (non-hydrogen) atoms. The Morgan fingerprint density at radius 2 is 0.692 bits per heavy atom. The summed E-state index contributed by atoms with van der Waals surface area (Å²) in [6, 6.07) is 4.57. The van der Waals surface area contributed by atoms with E-state index in [9.17, 15) is 0 Å². The van der Waals surface area contributed by atoms with Crippen LogP contribution < -0.4 is 16.0 Å². The molecule has 0 amide bonds. The second-order valence-electron chi connectivity index (χ2n) is 9.55. The lowest BCUT2D eigenvalue weighted by atomic mass is 9.95. The molecule has 3 aliphatic rings. The van der Waals surface area contributed by atoms with Gasteiger partial charge in [0.15, 0.2) is 0 Å². The Hall–Kier alpha value is -0.120. The van der Waals surface area contributed by atoms with E-state index in [-0.39, 0.29) is 0 Å². The lowest BCUT2D eigenvalue weighted by molar-refractivity contribution is 0.352. The fourth-order valence-corrected chi connectivity index (χ4v) is 4.03. The van der Waals surface area contributed by atoms with E-state index in [4.69, 9.17) is 0 Å². The number of hydrogen-bond donors (Lipinski definition) is 3. The minimum Gasteiger partial charge on any atom is -0.312 e. The number of rotatable bonds is 6. The van der Waals surface area contributed by atoms with Gasteiger partial charge in [-0.25, -0.2) is 0 Å². The fourth-order valence-electron chi connectivity index (χ4n) is 4.03. The van der Waals surface area contributed by atoms with Crippen LogP contribution in [-0.4, -0.2) is 36.3 Å². The van der Waals surface area contributed by atoms with Crippen molar-refractivity contribution in [1.82, 2.24) is 16.0 Å². The first-order valence-corrected chi connectivity index (χ1v) is 11.6. The van der Waals surface area contributed by atoms with Gasteiger partial charge in [-0.1, -0.05) is 73.6 Å². The van der Waals surface area contributed by atoms with Gasteiger partial charge in [0.25, 0.3) is 0 Å². The van der Waals surface area contributed by atoms with Crippen LogP contribution in [0.3, 0.4) is 0 Å². The Morgan fingerprint density at radius 3 is 0.962 bits per heavy atom. The highest BCUT2D eigenvalue weighted by Crippen LogP contribution is 2.19. The minimum absolute atomic E-state index is 0.670. The van der Waals surface area contributed by atoms with Gasteiger partial charge in [-0.05, 0) is 38.5 Å². The van der Waals surface area contributed by atoms with Gasteiger partial charge in [0, 0.05) is 36.3 Å². The summed E-state index contributed by atoms with van der Waals surface area (Å²) in [5.74, 6) is 0. The molecule has 3 saturated carbocycles. The lowest BCUT2D eigenvalue weighted by Gasteiger charge is -2.24. The quantitative estimate of drug-likeness (QED) is 0.589. The van der Waals surface area contributed by atoms with E-state index >= 15 is 0 Å². The second-order valence-corrected chi connectivity index (χ2v) is 9.55. The molecule has 0 aromatic rings. The van der Waals surface area contributed by atoms with Crippen LogP contribution in [-0.2, 0) is 0 Å². The van der Waals surface area contributed by atoms with E-state index in [2.05, 4.69) is 57.5 Å². The summed E-state index contributed by atoms with van der Waals surface area (Å²) in [6.45, 7) is 13.3. The van der Waals surface area contributed by atoms with Crippen molar-refractivity contribution < 1.29 is 0 Å². The van der Waals surface area contributed by atoms with E-state index in [1.807, 2.05) is 0 Å². The zero-order valence-electron chi connectivity index (χ0n) is 18.7. The van der Waals surface area contributed by atoms with E-state index < -0.39 is 0 Å². The van der Waals surface area contributed by atoms with Gasteiger partial charge in [0.1, 0.15) is 0 Å². The zero-order valence-corrected chi connectivity index (χ0v) is 18.7. The first-order chi connectivity index (χ1) is 12.4. The van der Waals surface area contributed by atoms with Crippen molar-refractivity contribution in [3.05, 3.63) is 0 Å². The molecule has 0 spiro atoms. The van der Waals surface area contributed by atoms with E-state index in [1.54, 1.807) is 0 Å². The Morgan fingerprint density at radius 1 is 0.423 bits per heavy atom. The molecular formula is C23H49N3. The molecule has 0 aliphatic heterocycles. The summed E-state index contributed by atoms with van der Waals surface area (Å²) < 4.78 is 0. The van der Waals surface area contributed by atoms with Crippen LogP contribution >= 0.6 is 0 Å². The zero-order chi connectivity index (χ0) is 19.4. The summed E-state index contributed by atoms with van der Waals surface area (Å²) in [7, 11) is 0. The molecule has 0 unspecified atom stereocenters. The largest absolute Gasteiger partial charge is 0.312 e. The third-order valence-corrected chi connectivity index (χ3v) is 5.24. The predicted molar refractivity (Wildman–Crippen MR) is 117 cm³/mol. The maximum absolute atomic E-state index is 3.58. The fraction of sp³-hybridized carbons (Fsp3) is 1.00. The Balaban J connectivity index is 0.000000198. The lowest BCUT2D eigenvalue weighted by Crippen LogP contribution is -2.35. The topological polar surface area (TPSA) is 36.1 Å². The normalized spacial score (nSPS) is 21.6. The van der Waals surface area contributed by atoms with Crippen LogP contribution in [0.5, 0.6) is 0 Å². The SMILES string of the molecule is CC(C)NC1CC1.CC(C)NC1CCCC1.CC(C)NC1CCCCC1. The van der Waals surface area contributed by atoms with E-state index in [0.29, 0.717) is 18.1 Å². The standard InChI is InChI=1S/C9H19N.C8H17N.C6H13N/c1-8(2)10-9-6-4-3-5-7-9;1-7(2)9-8-5-3-4-6-8;1-5(2)7-6-3-4-6/h8-10H,3-7H2,1-2H3;7-9H,3-6H2,1-2H3;5-7H,3-4H2,1-2H3. The molecule has 0 bridgehead atoms. The summed E-state index contributed by atoms with van der Waals surface area (Å²) >= 11 is 0. The van der Waals surface area contributed by atoms with Gasteiger partial charge >= 0.3 is 0 Å². The maximum Gasteiger partial charge on any atom is 0.00705 e. The van der Waals surface area contributed by atoms with Crippen LogP contribution in [0, 0.1) is 0 Å². The maximum atomic E-state index is 3.58. The molecule has 3 N–H and O–H groups in total. The Kier molecular flexibility index (Phi) is 12.8. The van der Waals surface area contributed by atoms with E-state index in [0.717, 1.165) is 18.1 Å². The Bertz CT molecular complexity index is 311. The van der Waals surface area contributed by atoms with Crippen molar-refractivity contribution in [3.8, 4) is 0 Å².